The number of rotatable bonds is 4. The molecule has 0 bridgehead atoms. The van der Waals surface area contributed by atoms with Gasteiger partial charge >= 0.3 is 0 Å². The van der Waals surface area contributed by atoms with Crippen LogP contribution in [0.5, 0.6) is 5.75 Å². The maximum absolute atomic E-state index is 11.6. The predicted molar refractivity (Wildman–Crippen MR) is 87.7 cm³/mol. The molecule has 5 heteroatoms. The normalized spacial score (nSPS) is 10.7. The lowest BCUT2D eigenvalue weighted by Crippen LogP contribution is -2.17. The molecule has 0 atom stereocenters. The van der Waals surface area contributed by atoms with Crippen molar-refractivity contribution >= 4 is 11.6 Å². The lowest BCUT2D eigenvalue weighted by Gasteiger charge is -2.16. The van der Waals surface area contributed by atoms with E-state index in [1.165, 1.54) is 0 Å². The SMILES string of the molecule is CCCc1cc(-c2c(C)ccc(O)c2C)c(N)c(C(N)=O)n1. The van der Waals surface area contributed by atoms with E-state index in [1.54, 1.807) is 6.07 Å². The summed E-state index contributed by atoms with van der Waals surface area (Å²) in [6.45, 7) is 5.79. The molecule has 2 aromatic rings. The van der Waals surface area contributed by atoms with Gasteiger partial charge in [-0.15, -0.1) is 0 Å². The Bertz CT molecular complexity index is 739. The molecule has 0 saturated heterocycles. The van der Waals surface area contributed by atoms with E-state index in [4.69, 9.17) is 11.5 Å². The fraction of sp³-hybridized carbons (Fsp3) is 0.294. The maximum Gasteiger partial charge on any atom is 0.269 e. The number of nitrogens with zero attached hydrogens (tertiary/aromatic N) is 1. The summed E-state index contributed by atoms with van der Waals surface area (Å²) < 4.78 is 0. The standard InChI is InChI=1S/C17H21N3O2/c1-4-5-11-8-12(15(18)16(20-11)17(19)22)14-9(2)6-7-13(21)10(14)3/h6-8,21H,4-5,18H2,1-3H3,(H2,19,22). The number of anilines is 1. The van der Waals surface area contributed by atoms with Gasteiger partial charge in [0, 0.05) is 11.3 Å². The Labute approximate surface area is 130 Å². The van der Waals surface area contributed by atoms with Crippen molar-refractivity contribution in [1.82, 2.24) is 4.98 Å². The Hall–Kier alpha value is -2.56. The van der Waals surface area contributed by atoms with Crippen molar-refractivity contribution < 1.29 is 9.90 Å². The van der Waals surface area contributed by atoms with Crippen LogP contribution in [0, 0.1) is 13.8 Å². The topological polar surface area (TPSA) is 102 Å². The van der Waals surface area contributed by atoms with E-state index in [1.807, 2.05) is 32.9 Å². The molecule has 1 heterocycles. The third kappa shape index (κ3) is 2.74. The summed E-state index contributed by atoms with van der Waals surface area (Å²) in [5.41, 5.74) is 15.8. The Morgan fingerprint density at radius 3 is 2.59 bits per heavy atom. The first kappa shape index (κ1) is 15.8. The zero-order chi connectivity index (χ0) is 16.4. The highest BCUT2D eigenvalue weighted by Crippen LogP contribution is 2.37. The zero-order valence-corrected chi connectivity index (χ0v) is 13.1. The lowest BCUT2D eigenvalue weighted by atomic mass is 9.92. The van der Waals surface area contributed by atoms with E-state index < -0.39 is 5.91 Å². The molecule has 0 aliphatic carbocycles. The number of aromatic hydroxyl groups is 1. The third-order valence-corrected chi connectivity index (χ3v) is 3.77. The van der Waals surface area contributed by atoms with Crippen molar-refractivity contribution in [1.29, 1.82) is 0 Å². The number of benzene rings is 1. The number of hydrogen-bond acceptors (Lipinski definition) is 4. The fourth-order valence-corrected chi connectivity index (χ4v) is 2.64. The second-order valence-electron chi connectivity index (χ2n) is 5.44. The van der Waals surface area contributed by atoms with Crippen LogP contribution in [0.15, 0.2) is 18.2 Å². The van der Waals surface area contributed by atoms with Crippen LogP contribution in [0.2, 0.25) is 0 Å². The maximum atomic E-state index is 11.6. The second kappa shape index (κ2) is 6.05. The molecule has 0 aliphatic rings. The van der Waals surface area contributed by atoms with Gasteiger partial charge in [-0.25, -0.2) is 4.98 Å². The highest BCUT2D eigenvalue weighted by Gasteiger charge is 2.19. The van der Waals surface area contributed by atoms with Crippen LogP contribution in [0.4, 0.5) is 5.69 Å². The molecule has 5 N–H and O–H groups in total. The number of nitrogens with two attached hydrogens (primary N) is 2. The van der Waals surface area contributed by atoms with Crippen molar-refractivity contribution in [3.8, 4) is 16.9 Å². The molecular formula is C17H21N3O2. The number of phenolic OH excluding ortho intramolecular Hbond substituents is 1. The second-order valence-corrected chi connectivity index (χ2v) is 5.44. The highest BCUT2D eigenvalue weighted by atomic mass is 16.3. The minimum atomic E-state index is -0.646. The summed E-state index contributed by atoms with van der Waals surface area (Å²) in [5, 5.41) is 9.98. The van der Waals surface area contributed by atoms with Crippen molar-refractivity contribution in [2.75, 3.05) is 5.73 Å². The first-order valence-corrected chi connectivity index (χ1v) is 7.25. The van der Waals surface area contributed by atoms with E-state index in [2.05, 4.69) is 4.98 Å². The number of phenols is 1. The zero-order valence-electron chi connectivity index (χ0n) is 13.1. The van der Waals surface area contributed by atoms with E-state index >= 15 is 0 Å². The number of carbonyl (C=O) groups is 1. The molecule has 1 amide bonds. The van der Waals surface area contributed by atoms with Gasteiger partial charge in [0.15, 0.2) is 5.69 Å². The number of carbonyl (C=O) groups excluding carboxylic acids is 1. The number of primary amides is 1. The third-order valence-electron chi connectivity index (χ3n) is 3.77. The number of pyridine rings is 1. The molecule has 1 aromatic heterocycles. The molecule has 0 radical (unpaired) electrons. The van der Waals surface area contributed by atoms with Gasteiger partial charge in [0.2, 0.25) is 0 Å². The monoisotopic (exact) mass is 299 g/mol. The van der Waals surface area contributed by atoms with Crippen LogP contribution in [-0.4, -0.2) is 16.0 Å². The van der Waals surface area contributed by atoms with Crippen LogP contribution in [0.3, 0.4) is 0 Å². The van der Waals surface area contributed by atoms with Gasteiger partial charge in [-0.1, -0.05) is 19.4 Å². The Morgan fingerprint density at radius 1 is 1.32 bits per heavy atom. The van der Waals surface area contributed by atoms with E-state index in [-0.39, 0.29) is 17.1 Å². The van der Waals surface area contributed by atoms with E-state index in [0.29, 0.717) is 5.56 Å². The van der Waals surface area contributed by atoms with Gasteiger partial charge in [-0.05, 0) is 49.1 Å². The van der Waals surface area contributed by atoms with Crippen LogP contribution in [0.1, 0.15) is 40.7 Å². The van der Waals surface area contributed by atoms with Crippen LogP contribution in [-0.2, 0) is 6.42 Å². The molecule has 0 unspecified atom stereocenters. The van der Waals surface area contributed by atoms with Crippen molar-refractivity contribution in [3.63, 3.8) is 0 Å². The summed E-state index contributed by atoms with van der Waals surface area (Å²) in [6, 6.07) is 5.34. The van der Waals surface area contributed by atoms with Crippen molar-refractivity contribution in [3.05, 3.63) is 40.7 Å². The predicted octanol–water partition coefficient (Wildman–Crippen LogP) is 2.70. The van der Waals surface area contributed by atoms with Crippen LogP contribution in [0.25, 0.3) is 11.1 Å². The molecule has 5 nitrogen and oxygen atoms in total. The fourth-order valence-electron chi connectivity index (χ4n) is 2.64. The Morgan fingerprint density at radius 2 is 2.00 bits per heavy atom. The molecular weight excluding hydrogens is 278 g/mol. The van der Waals surface area contributed by atoms with Gasteiger partial charge in [0.05, 0.1) is 5.69 Å². The van der Waals surface area contributed by atoms with Crippen molar-refractivity contribution in [2.45, 2.75) is 33.6 Å². The first-order chi connectivity index (χ1) is 10.4. The summed E-state index contributed by atoms with van der Waals surface area (Å²) in [4.78, 5) is 15.9. The van der Waals surface area contributed by atoms with Gasteiger partial charge in [-0.3, -0.25) is 4.79 Å². The van der Waals surface area contributed by atoms with Crippen LogP contribution >= 0.6 is 0 Å². The molecule has 22 heavy (non-hydrogen) atoms. The smallest absolute Gasteiger partial charge is 0.269 e. The number of amides is 1. The Balaban J connectivity index is 2.80. The molecule has 0 spiro atoms. The minimum Gasteiger partial charge on any atom is -0.508 e. The number of aromatic nitrogens is 1. The van der Waals surface area contributed by atoms with Gasteiger partial charge in [-0.2, -0.15) is 0 Å². The van der Waals surface area contributed by atoms with Gasteiger partial charge in [0.25, 0.3) is 5.91 Å². The quantitative estimate of drug-likeness (QED) is 0.807. The molecule has 0 fully saturated rings. The first-order valence-electron chi connectivity index (χ1n) is 7.25. The number of nitrogen functional groups attached to an aromatic ring is 1. The molecule has 116 valence electrons. The largest absolute Gasteiger partial charge is 0.508 e. The van der Waals surface area contributed by atoms with Crippen LogP contribution < -0.4 is 11.5 Å². The lowest BCUT2D eigenvalue weighted by molar-refractivity contribution is 0.0996. The van der Waals surface area contributed by atoms with E-state index in [0.717, 1.165) is 35.2 Å². The summed E-state index contributed by atoms with van der Waals surface area (Å²) in [7, 11) is 0. The van der Waals surface area contributed by atoms with Crippen molar-refractivity contribution in [2.24, 2.45) is 5.73 Å². The number of hydrogen-bond donors (Lipinski definition) is 3. The van der Waals surface area contributed by atoms with Gasteiger partial charge < -0.3 is 16.6 Å². The highest BCUT2D eigenvalue weighted by molar-refractivity contribution is 6.00. The average molecular weight is 299 g/mol. The molecule has 0 aliphatic heterocycles. The van der Waals surface area contributed by atoms with Gasteiger partial charge in [0.1, 0.15) is 5.75 Å². The minimum absolute atomic E-state index is 0.0862. The summed E-state index contributed by atoms with van der Waals surface area (Å²) in [5.74, 6) is -0.457. The average Bonchev–Trinajstić information content (AvgIpc) is 2.46. The Kier molecular flexibility index (Phi) is 4.35. The van der Waals surface area contributed by atoms with E-state index in [9.17, 15) is 9.90 Å². The number of aryl methyl sites for hydroxylation is 2. The molecule has 0 saturated carbocycles. The molecule has 2 rings (SSSR count). The molecule has 1 aromatic carbocycles. The summed E-state index contributed by atoms with van der Waals surface area (Å²) >= 11 is 0. The summed E-state index contributed by atoms with van der Waals surface area (Å²) in [6.07, 6.45) is 1.62.